The summed E-state index contributed by atoms with van der Waals surface area (Å²) < 4.78 is 40.3. The third kappa shape index (κ3) is 3.63. The maximum absolute atomic E-state index is 13.4. The smallest absolute Gasteiger partial charge is 0.438 e. The summed E-state index contributed by atoms with van der Waals surface area (Å²) in [5.74, 6) is -1.61. The number of phenolic OH excluding ortho intramolecular Hbond substituents is 1. The van der Waals surface area contributed by atoms with Crippen molar-refractivity contribution in [3.63, 3.8) is 0 Å². The van der Waals surface area contributed by atoms with Crippen molar-refractivity contribution in [2.45, 2.75) is 57.9 Å². The molecule has 1 aliphatic heterocycles. The highest BCUT2D eigenvalue weighted by molar-refractivity contribution is 6.00. The van der Waals surface area contributed by atoms with E-state index in [1.807, 2.05) is 6.92 Å². The van der Waals surface area contributed by atoms with Crippen LogP contribution in [0.4, 0.5) is 13.2 Å². The molecule has 2 N–H and O–H groups in total. The molecule has 138 valence electrons. The first-order valence-corrected chi connectivity index (χ1v) is 8.10. The Balaban J connectivity index is 2.38. The minimum Gasteiger partial charge on any atom is -0.507 e. The molecular weight excluding hydrogens is 337 g/mol. The Morgan fingerprint density at radius 3 is 2.64 bits per heavy atom. The molecule has 0 aliphatic carbocycles. The van der Waals surface area contributed by atoms with Crippen LogP contribution < -0.4 is 0 Å². The van der Waals surface area contributed by atoms with Crippen molar-refractivity contribution in [2.24, 2.45) is 5.10 Å². The Labute approximate surface area is 143 Å². The first-order chi connectivity index (χ1) is 11.6. The Morgan fingerprint density at radius 2 is 2.04 bits per heavy atom. The number of phenols is 1. The van der Waals surface area contributed by atoms with E-state index in [1.165, 1.54) is 25.1 Å². The fraction of sp³-hybridized carbons (Fsp3) is 0.529. The summed E-state index contributed by atoms with van der Waals surface area (Å²) >= 11 is 0. The number of rotatable bonds is 5. The van der Waals surface area contributed by atoms with Crippen LogP contribution in [0.25, 0.3) is 0 Å². The van der Waals surface area contributed by atoms with Gasteiger partial charge in [-0.25, -0.2) is 0 Å². The number of para-hydroxylation sites is 1. The van der Waals surface area contributed by atoms with Crippen LogP contribution in [0.2, 0.25) is 0 Å². The minimum atomic E-state index is -5.07. The average molecular weight is 358 g/mol. The van der Waals surface area contributed by atoms with Gasteiger partial charge in [0.2, 0.25) is 0 Å². The first-order valence-electron chi connectivity index (χ1n) is 8.10. The molecule has 0 spiro atoms. The standard InChI is InChI=1S/C17H21F3N2O3/c1-3-4-5-8-12-10-16(25,17(18,19)20)22(21-12)15(24)13-9-6-7-11(2)14(13)23/h6-7,9,23,25H,3-5,8,10H2,1-2H3/t16-/m0/s1. The van der Waals surface area contributed by atoms with Crippen molar-refractivity contribution in [3.05, 3.63) is 29.3 Å². The molecule has 1 aliphatic rings. The molecule has 8 heteroatoms. The van der Waals surface area contributed by atoms with E-state index in [9.17, 15) is 28.2 Å². The van der Waals surface area contributed by atoms with Gasteiger partial charge in [0, 0.05) is 12.1 Å². The summed E-state index contributed by atoms with van der Waals surface area (Å²) in [6.45, 7) is 3.48. The summed E-state index contributed by atoms with van der Waals surface area (Å²) in [7, 11) is 0. The molecule has 0 unspecified atom stereocenters. The van der Waals surface area contributed by atoms with Crippen molar-refractivity contribution in [3.8, 4) is 5.75 Å². The molecule has 0 aromatic heterocycles. The van der Waals surface area contributed by atoms with E-state index < -0.39 is 30.0 Å². The van der Waals surface area contributed by atoms with Crippen LogP contribution in [-0.2, 0) is 0 Å². The van der Waals surface area contributed by atoms with Crippen molar-refractivity contribution in [2.75, 3.05) is 0 Å². The van der Waals surface area contributed by atoms with Crippen molar-refractivity contribution in [1.82, 2.24) is 5.01 Å². The zero-order valence-electron chi connectivity index (χ0n) is 14.1. The molecule has 1 aromatic rings. The monoisotopic (exact) mass is 358 g/mol. The SMILES string of the molecule is CCCCCC1=NN(C(=O)c2cccc(C)c2O)[C@@](O)(C(F)(F)F)C1. The molecule has 0 fully saturated rings. The van der Waals surface area contributed by atoms with Gasteiger partial charge in [0.05, 0.1) is 5.56 Å². The number of aromatic hydroxyl groups is 1. The number of aryl methyl sites for hydroxylation is 1. The van der Waals surface area contributed by atoms with Gasteiger partial charge in [0.15, 0.2) is 0 Å². The lowest BCUT2D eigenvalue weighted by Gasteiger charge is -2.32. The quantitative estimate of drug-likeness (QED) is 0.788. The average Bonchev–Trinajstić information content (AvgIpc) is 2.88. The molecule has 25 heavy (non-hydrogen) atoms. The molecule has 1 aromatic carbocycles. The molecule has 5 nitrogen and oxygen atoms in total. The van der Waals surface area contributed by atoms with E-state index in [0.29, 0.717) is 12.0 Å². The van der Waals surface area contributed by atoms with Gasteiger partial charge >= 0.3 is 6.18 Å². The molecule has 0 saturated heterocycles. The van der Waals surface area contributed by atoms with Gasteiger partial charge in [-0.2, -0.15) is 23.3 Å². The van der Waals surface area contributed by atoms with Crippen molar-refractivity contribution in [1.29, 1.82) is 0 Å². The van der Waals surface area contributed by atoms with Gasteiger partial charge in [-0.05, 0) is 31.4 Å². The molecule has 2 rings (SSSR count). The third-order valence-electron chi connectivity index (χ3n) is 4.23. The van der Waals surface area contributed by atoms with Crippen LogP contribution in [0.5, 0.6) is 5.75 Å². The first kappa shape index (κ1) is 19.2. The number of hydrazone groups is 1. The van der Waals surface area contributed by atoms with Crippen molar-refractivity contribution >= 4 is 11.6 Å². The number of nitrogens with zero attached hydrogens (tertiary/aromatic N) is 2. The predicted molar refractivity (Wildman–Crippen MR) is 86.2 cm³/mol. The molecule has 0 saturated carbocycles. The summed E-state index contributed by atoms with van der Waals surface area (Å²) in [4.78, 5) is 12.6. The number of amides is 1. The highest BCUT2D eigenvalue weighted by atomic mass is 19.4. The van der Waals surface area contributed by atoms with Crippen LogP contribution in [0, 0.1) is 6.92 Å². The summed E-state index contributed by atoms with van der Waals surface area (Å²) in [5, 5.41) is 24.0. The largest absolute Gasteiger partial charge is 0.507 e. The third-order valence-corrected chi connectivity index (χ3v) is 4.23. The van der Waals surface area contributed by atoms with E-state index in [0.717, 1.165) is 12.8 Å². The highest BCUT2D eigenvalue weighted by Gasteiger charge is 2.63. The van der Waals surface area contributed by atoms with Gasteiger partial charge in [0.1, 0.15) is 5.75 Å². The second-order valence-corrected chi connectivity index (χ2v) is 6.20. The van der Waals surface area contributed by atoms with Gasteiger partial charge in [-0.15, -0.1) is 0 Å². The molecule has 1 amide bonds. The summed E-state index contributed by atoms with van der Waals surface area (Å²) in [6.07, 6.45) is -3.25. The minimum absolute atomic E-state index is 0.0583. The summed E-state index contributed by atoms with van der Waals surface area (Å²) in [6, 6.07) is 4.16. The van der Waals surface area contributed by atoms with Crippen molar-refractivity contribution < 1.29 is 28.2 Å². The summed E-state index contributed by atoms with van der Waals surface area (Å²) in [5.41, 5.74) is -3.27. The number of unbranched alkanes of at least 4 members (excludes halogenated alkanes) is 2. The lowest BCUT2D eigenvalue weighted by Crippen LogP contribution is -2.56. The number of aliphatic hydroxyl groups is 1. The van der Waals surface area contributed by atoms with Crippen LogP contribution in [0.1, 0.15) is 54.9 Å². The topological polar surface area (TPSA) is 73.1 Å². The number of carbonyl (C=O) groups is 1. The fourth-order valence-electron chi connectivity index (χ4n) is 2.72. The number of alkyl halides is 3. The fourth-order valence-corrected chi connectivity index (χ4v) is 2.72. The zero-order chi connectivity index (χ0) is 18.8. The number of carbonyl (C=O) groups excluding carboxylic acids is 1. The Morgan fingerprint density at radius 1 is 1.36 bits per heavy atom. The van der Waals surface area contributed by atoms with Crippen LogP contribution in [0.15, 0.2) is 23.3 Å². The van der Waals surface area contributed by atoms with Gasteiger partial charge in [-0.1, -0.05) is 31.9 Å². The van der Waals surface area contributed by atoms with Gasteiger partial charge < -0.3 is 10.2 Å². The maximum Gasteiger partial charge on any atom is 0.438 e. The van der Waals surface area contributed by atoms with E-state index in [2.05, 4.69) is 5.10 Å². The van der Waals surface area contributed by atoms with E-state index in [1.54, 1.807) is 0 Å². The van der Waals surface area contributed by atoms with Crippen LogP contribution >= 0.6 is 0 Å². The van der Waals surface area contributed by atoms with E-state index >= 15 is 0 Å². The van der Waals surface area contributed by atoms with Gasteiger partial charge in [0.25, 0.3) is 11.6 Å². The Hall–Kier alpha value is -2.09. The van der Waals surface area contributed by atoms with Crippen LogP contribution in [0.3, 0.4) is 0 Å². The van der Waals surface area contributed by atoms with E-state index in [4.69, 9.17) is 0 Å². The maximum atomic E-state index is 13.4. The molecule has 1 heterocycles. The Kier molecular flexibility index (Phi) is 5.41. The highest BCUT2D eigenvalue weighted by Crippen LogP contribution is 2.42. The molecule has 0 bridgehead atoms. The molecule has 1 atom stereocenters. The second kappa shape index (κ2) is 7.03. The number of halogens is 3. The predicted octanol–water partition coefficient (Wildman–Crippen LogP) is 3.73. The van der Waals surface area contributed by atoms with Crippen LogP contribution in [-0.4, -0.2) is 38.7 Å². The molecule has 0 radical (unpaired) electrons. The number of hydrogen-bond acceptors (Lipinski definition) is 4. The lowest BCUT2D eigenvalue weighted by molar-refractivity contribution is -0.297. The Bertz CT molecular complexity index is 688. The second-order valence-electron chi connectivity index (χ2n) is 6.20. The zero-order valence-corrected chi connectivity index (χ0v) is 14.1. The lowest BCUT2D eigenvalue weighted by atomic mass is 10.0. The molecular formula is C17H21F3N2O3. The van der Waals surface area contributed by atoms with E-state index in [-0.39, 0.29) is 22.7 Å². The van der Waals surface area contributed by atoms with Gasteiger partial charge in [-0.3, -0.25) is 4.79 Å². The number of hydrogen-bond donors (Lipinski definition) is 2. The number of benzene rings is 1. The normalized spacial score (nSPS) is 20.7.